The second-order valence-corrected chi connectivity index (χ2v) is 3.60. The minimum absolute atomic E-state index is 0.129. The number of benzene rings is 1. The summed E-state index contributed by atoms with van der Waals surface area (Å²) in [4.78, 5) is 0. The molecule has 2 rings (SSSR count). The highest BCUT2D eigenvalue weighted by atomic mass is 19.1. The van der Waals surface area contributed by atoms with E-state index in [0.717, 1.165) is 30.9 Å². The number of halogens is 1. The molecular formula is C11H15FN2O. The Kier molecular flexibility index (Phi) is 3.18. The standard InChI is InChI=1S/C11H15FN2O/c1-15-11-3-2-8(12)6-9(11)10-7-13-4-5-14-10/h2-3,6,10,13-14H,4-5,7H2,1H3/t10-/m0/s1. The van der Waals surface area contributed by atoms with Gasteiger partial charge in [-0.2, -0.15) is 0 Å². The van der Waals surface area contributed by atoms with Gasteiger partial charge in [0, 0.05) is 31.2 Å². The van der Waals surface area contributed by atoms with Gasteiger partial charge < -0.3 is 15.4 Å². The quantitative estimate of drug-likeness (QED) is 0.766. The second kappa shape index (κ2) is 4.59. The van der Waals surface area contributed by atoms with E-state index in [9.17, 15) is 4.39 Å². The maximum Gasteiger partial charge on any atom is 0.123 e. The van der Waals surface area contributed by atoms with Crippen LogP contribution in [0.2, 0.25) is 0 Å². The molecule has 1 aliphatic rings. The van der Waals surface area contributed by atoms with E-state index in [0.29, 0.717) is 0 Å². The summed E-state index contributed by atoms with van der Waals surface area (Å²) in [7, 11) is 1.60. The fourth-order valence-electron chi connectivity index (χ4n) is 1.85. The average molecular weight is 210 g/mol. The lowest BCUT2D eigenvalue weighted by Crippen LogP contribution is -2.42. The molecule has 1 aromatic carbocycles. The van der Waals surface area contributed by atoms with Crippen molar-refractivity contribution >= 4 is 0 Å². The highest BCUT2D eigenvalue weighted by Crippen LogP contribution is 2.26. The third kappa shape index (κ3) is 2.27. The molecule has 0 spiro atoms. The van der Waals surface area contributed by atoms with Gasteiger partial charge in [-0.25, -0.2) is 4.39 Å². The lowest BCUT2D eigenvalue weighted by Gasteiger charge is -2.26. The predicted molar refractivity (Wildman–Crippen MR) is 56.6 cm³/mol. The van der Waals surface area contributed by atoms with Gasteiger partial charge >= 0.3 is 0 Å². The van der Waals surface area contributed by atoms with Crippen LogP contribution in [-0.4, -0.2) is 26.7 Å². The first kappa shape index (κ1) is 10.4. The molecule has 0 bridgehead atoms. The molecule has 1 aliphatic heterocycles. The van der Waals surface area contributed by atoms with Crippen LogP contribution in [0.25, 0.3) is 0 Å². The van der Waals surface area contributed by atoms with Gasteiger partial charge in [0.1, 0.15) is 11.6 Å². The molecule has 1 heterocycles. The van der Waals surface area contributed by atoms with E-state index >= 15 is 0 Å². The maximum absolute atomic E-state index is 13.1. The molecule has 0 aliphatic carbocycles. The zero-order chi connectivity index (χ0) is 10.7. The van der Waals surface area contributed by atoms with E-state index in [-0.39, 0.29) is 11.9 Å². The highest BCUT2D eigenvalue weighted by Gasteiger charge is 2.18. The van der Waals surface area contributed by atoms with Crippen molar-refractivity contribution in [1.82, 2.24) is 10.6 Å². The summed E-state index contributed by atoms with van der Waals surface area (Å²) in [5, 5.41) is 6.59. The largest absolute Gasteiger partial charge is 0.496 e. The summed E-state index contributed by atoms with van der Waals surface area (Å²) in [5.41, 5.74) is 0.879. The molecule has 4 heteroatoms. The van der Waals surface area contributed by atoms with E-state index in [2.05, 4.69) is 10.6 Å². The minimum atomic E-state index is -0.224. The van der Waals surface area contributed by atoms with Gasteiger partial charge in [0.25, 0.3) is 0 Å². The van der Waals surface area contributed by atoms with Crippen LogP contribution in [0.5, 0.6) is 5.75 Å². The van der Waals surface area contributed by atoms with Gasteiger partial charge in [-0.1, -0.05) is 0 Å². The van der Waals surface area contributed by atoms with Crippen molar-refractivity contribution in [2.45, 2.75) is 6.04 Å². The normalized spacial score (nSPS) is 21.3. The van der Waals surface area contributed by atoms with Crippen LogP contribution in [0.1, 0.15) is 11.6 Å². The zero-order valence-corrected chi connectivity index (χ0v) is 8.72. The first-order valence-corrected chi connectivity index (χ1v) is 5.09. The Morgan fingerprint density at radius 1 is 1.40 bits per heavy atom. The van der Waals surface area contributed by atoms with Crippen LogP contribution < -0.4 is 15.4 Å². The monoisotopic (exact) mass is 210 g/mol. The van der Waals surface area contributed by atoms with E-state index in [1.54, 1.807) is 13.2 Å². The number of nitrogens with one attached hydrogen (secondary N) is 2. The highest BCUT2D eigenvalue weighted by molar-refractivity contribution is 5.37. The number of hydrogen-bond acceptors (Lipinski definition) is 3. The summed E-state index contributed by atoms with van der Waals surface area (Å²) >= 11 is 0. The molecule has 1 saturated heterocycles. The Labute approximate surface area is 88.6 Å². The van der Waals surface area contributed by atoms with Gasteiger partial charge in [-0.15, -0.1) is 0 Å². The van der Waals surface area contributed by atoms with Crippen LogP contribution in [0.4, 0.5) is 4.39 Å². The summed E-state index contributed by atoms with van der Waals surface area (Å²) in [6.45, 7) is 2.65. The number of piperazine rings is 1. The Bertz CT molecular complexity index is 337. The Balaban J connectivity index is 2.27. The van der Waals surface area contributed by atoms with Gasteiger partial charge in [-0.3, -0.25) is 0 Å². The number of rotatable bonds is 2. The zero-order valence-electron chi connectivity index (χ0n) is 8.72. The smallest absolute Gasteiger partial charge is 0.123 e. The van der Waals surface area contributed by atoms with Crippen molar-refractivity contribution < 1.29 is 9.13 Å². The van der Waals surface area contributed by atoms with Crippen molar-refractivity contribution in [2.24, 2.45) is 0 Å². The molecule has 0 saturated carbocycles. The van der Waals surface area contributed by atoms with Gasteiger partial charge in [0.05, 0.1) is 7.11 Å². The van der Waals surface area contributed by atoms with Gasteiger partial charge in [0.15, 0.2) is 0 Å². The summed E-state index contributed by atoms with van der Waals surface area (Å²) in [6, 6.07) is 4.74. The molecule has 2 N–H and O–H groups in total. The SMILES string of the molecule is COc1ccc(F)cc1[C@@H]1CNCCN1. The van der Waals surface area contributed by atoms with Crippen molar-refractivity contribution in [3.8, 4) is 5.75 Å². The van der Waals surface area contributed by atoms with Crippen LogP contribution in [0.15, 0.2) is 18.2 Å². The van der Waals surface area contributed by atoms with Gasteiger partial charge in [0.2, 0.25) is 0 Å². The van der Waals surface area contributed by atoms with Crippen molar-refractivity contribution in [3.63, 3.8) is 0 Å². The molecule has 0 radical (unpaired) electrons. The average Bonchev–Trinajstić information content (AvgIpc) is 2.30. The number of ether oxygens (including phenoxy) is 1. The molecule has 15 heavy (non-hydrogen) atoms. The fraction of sp³-hybridized carbons (Fsp3) is 0.455. The van der Waals surface area contributed by atoms with Crippen molar-refractivity contribution in [3.05, 3.63) is 29.6 Å². The molecule has 0 amide bonds. The Morgan fingerprint density at radius 2 is 2.27 bits per heavy atom. The molecule has 82 valence electrons. The molecule has 0 aromatic heterocycles. The van der Waals surface area contributed by atoms with E-state index < -0.39 is 0 Å². The van der Waals surface area contributed by atoms with E-state index in [4.69, 9.17) is 4.74 Å². The fourth-order valence-corrected chi connectivity index (χ4v) is 1.85. The Hall–Kier alpha value is -1.13. The van der Waals surface area contributed by atoms with Crippen LogP contribution in [-0.2, 0) is 0 Å². The first-order valence-electron chi connectivity index (χ1n) is 5.09. The summed E-state index contributed by atoms with van der Waals surface area (Å²) in [5.74, 6) is 0.510. The first-order chi connectivity index (χ1) is 7.31. The molecule has 3 nitrogen and oxygen atoms in total. The van der Waals surface area contributed by atoms with Gasteiger partial charge in [-0.05, 0) is 18.2 Å². The minimum Gasteiger partial charge on any atom is -0.496 e. The number of hydrogen-bond donors (Lipinski definition) is 2. The molecular weight excluding hydrogens is 195 g/mol. The Morgan fingerprint density at radius 3 is 2.93 bits per heavy atom. The molecule has 0 unspecified atom stereocenters. The topological polar surface area (TPSA) is 33.3 Å². The second-order valence-electron chi connectivity index (χ2n) is 3.60. The van der Waals surface area contributed by atoms with Crippen LogP contribution in [0.3, 0.4) is 0 Å². The van der Waals surface area contributed by atoms with Crippen LogP contribution in [0, 0.1) is 5.82 Å². The molecule has 1 aromatic rings. The van der Waals surface area contributed by atoms with E-state index in [1.165, 1.54) is 12.1 Å². The lowest BCUT2D eigenvalue weighted by atomic mass is 10.0. The lowest BCUT2D eigenvalue weighted by molar-refractivity contribution is 0.380. The molecule has 1 atom stereocenters. The third-order valence-corrected chi connectivity index (χ3v) is 2.61. The van der Waals surface area contributed by atoms with Crippen molar-refractivity contribution in [2.75, 3.05) is 26.7 Å². The van der Waals surface area contributed by atoms with Crippen molar-refractivity contribution in [1.29, 1.82) is 0 Å². The maximum atomic E-state index is 13.1. The predicted octanol–water partition coefficient (Wildman–Crippen LogP) is 1.07. The van der Waals surface area contributed by atoms with Crippen LogP contribution >= 0.6 is 0 Å². The summed E-state index contributed by atoms with van der Waals surface area (Å²) in [6.07, 6.45) is 0. The summed E-state index contributed by atoms with van der Waals surface area (Å²) < 4.78 is 18.4. The number of methoxy groups -OCH3 is 1. The molecule has 1 fully saturated rings. The third-order valence-electron chi connectivity index (χ3n) is 2.61. The van der Waals surface area contributed by atoms with E-state index in [1.807, 2.05) is 0 Å².